The zero-order valence-corrected chi connectivity index (χ0v) is 16.4. The van der Waals surface area contributed by atoms with E-state index in [1.54, 1.807) is 27.7 Å². The van der Waals surface area contributed by atoms with Crippen molar-refractivity contribution in [3.63, 3.8) is 0 Å². The van der Waals surface area contributed by atoms with Crippen molar-refractivity contribution in [2.75, 3.05) is 5.75 Å². The SMILES string of the molecule is CCc1cc2c(=O)n(CCc3ccccc3)c(SCCCC#N)nc2s1. The molecule has 0 spiro atoms. The fraction of sp³-hybridized carbons (Fsp3) is 0.350. The average Bonchev–Trinajstić information content (AvgIpc) is 3.09. The third-order valence-electron chi connectivity index (χ3n) is 4.15. The summed E-state index contributed by atoms with van der Waals surface area (Å²) in [6.45, 7) is 2.71. The minimum absolute atomic E-state index is 0.0460. The summed E-state index contributed by atoms with van der Waals surface area (Å²) in [4.78, 5) is 19.8. The Morgan fingerprint density at radius 1 is 1.31 bits per heavy atom. The summed E-state index contributed by atoms with van der Waals surface area (Å²) in [5.74, 6) is 0.794. The average molecular weight is 384 g/mol. The van der Waals surface area contributed by atoms with Gasteiger partial charge in [0, 0.05) is 23.6 Å². The molecule has 4 nitrogen and oxygen atoms in total. The molecule has 2 aromatic heterocycles. The molecule has 0 aliphatic rings. The summed E-state index contributed by atoms with van der Waals surface area (Å²) in [6, 6.07) is 14.3. The van der Waals surface area contributed by atoms with E-state index in [0.717, 1.165) is 40.4 Å². The lowest BCUT2D eigenvalue weighted by Crippen LogP contribution is -2.24. The summed E-state index contributed by atoms with van der Waals surface area (Å²) in [5.41, 5.74) is 1.25. The van der Waals surface area contributed by atoms with Gasteiger partial charge in [-0.15, -0.1) is 11.3 Å². The van der Waals surface area contributed by atoms with Gasteiger partial charge >= 0.3 is 0 Å². The Bertz CT molecular complexity index is 970. The van der Waals surface area contributed by atoms with E-state index in [1.807, 2.05) is 24.3 Å². The number of aromatic nitrogens is 2. The van der Waals surface area contributed by atoms with Gasteiger partial charge in [-0.3, -0.25) is 9.36 Å². The maximum atomic E-state index is 13.1. The van der Waals surface area contributed by atoms with Crippen LogP contribution in [0.25, 0.3) is 10.2 Å². The third kappa shape index (κ3) is 4.35. The zero-order valence-electron chi connectivity index (χ0n) is 14.8. The van der Waals surface area contributed by atoms with Crippen LogP contribution in [0.5, 0.6) is 0 Å². The van der Waals surface area contributed by atoms with Gasteiger partial charge in [0.2, 0.25) is 0 Å². The van der Waals surface area contributed by atoms with Gasteiger partial charge in [0.25, 0.3) is 5.56 Å². The van der Waals surface area contributed by atoms with Crippen molar-refractivity contribution in [2.45, 2.75) is 44.3 Å². The second-order valence-corrected chi connectivity index (χ2v) is 8.16. The first-order valence-corrected chi connectivity index (χ1v) is 10.6. The van der Waals surface area contributed by atoms with E-state index in [4.69, 9.17) is 10.2 Å². The van der Waals surface area contributed by atoms with Gasteiger partial charge < -0.3 is 0 Å². The van der Waals surface area contributed by atoms with Crippen LogP contribution in [-0.2, 0) is 19.4 Å². The van der Waals surface area contributed by atoms with Crippen molar-refractivity contribution in [2.24, 2.45) is 0 Å². The monoisotopic (exact) mass is 383 g/mol. The lowest BCUT2D eigenvalue weighted by Gasteiger charge is -2.11. The van der Waals surface area contributed by atoms with E-state index in [1.165, 1.54) is 10.4 Å². The van der Waals surface area contributed by atoms with E-state index < -0.39 is 0 Å². The first-order valence-electron chi connectivity index (χ1n) is 8.80. The Hall–Kier alpha value is -2.10. The fourth-order valence-corrected chi connectivity index (χ4v) is 4.70. The summed E-state index contributed by atoms with van der Waals surface area (Å²) in [7, 11) is 0. The zero-order chi connectivity index (χ0) is 18.4. The molecule has 0 bridgehead atoms. The van der Waals surface area contributed by atoms with Crippen molar-refractivity contribution in [3.8, 4) is 6.07 Å². The van der Waals surface area contributed by atoms with E-state index in [0.29, 0.717) is 13.0 Å². The van der Waals surface area contributed by atoms with Crippen LogP contribution < -0.4 is 5.56 Å². The van der Waals surface area contributed by atoms with Crippen LogP contribution in [0.3, 0.4) is 0 Å². The number of rotatable bonds is 8. The first-order chi connectivity index (χ1) is 12.7. The molecule has 0 unspecified atom stereocenters. The number of benzene rings is 1. The molecule has 2 heterocycles. The number of hydrogen-bond donors (Lipinski definition) is 0. The number of hydrogen-bond acceptors (Lipinski definition) is 5. The Labute approximate surface area is 161 Å². The molecule has 134 valence electrons. The van der Waals surface area contributed by atoms with E-state index in [9.17, 15) is 4.79 Å². The van der Waals surface area contributed by atoms with Gasteiger partial charge in [-0.1, -0.05) is 49.0 Å². The highest BCUT2D eigenvalue weighted by Gasteiger charge is 2.14. The van der Waals surface area contributed by atoms with Gasteiger partial charge in [0.1, 0.15) is 4.83 Å². The fourth-order valence-electron chi connectivity index (χ4n) is 2.73. The topological polar surface area (TPSA) is 58.7 Å². The van der Waals surface area contributed by atoms with Crippen molar-refractivity contribution in [1.82, 2.24) is 9.55 Å². The van der Waals surface area contributed by atoms with Gasteiger partial charge in [-0.05, 0) is 30.9 Å². The number of unbranched alkanes of at least 4 members (excludes halogenated alkanes) is 1. The molecule has 6 heteroatoms. The molecule has 3 aromatic rings. The minimum Gasteiger partial charge on any atom is -0.287 e. The Balaban J connectivity index is 1.92. The van der Waals surface area contributed by atoms with Crippen molar-refractivity contribution in [3.05, 3.63) is 57.2 Å². The third-order valence-corrected chi connectivity index (χ3v) is 6.38. The standard InChI is InChI=1S/C20H21N3OS2/c1-2-16-14-17-18(26-16)22-20(25-13-7-6-11-21)23(19(17)24)12-10-15-8-4-3-5-9-15/h3-5,8-9,14H,2,6-7,10,12-13H2,1H3. The maximum Gasteiger partial charge on any atom is 0.262 e. The molecule has 1 aromatic carbocycles. The normalized spacial score (nSPS) is 10.9. The van der Waals surface area contributed by atoms with Crippen molar-refractivity contribution in [1.29, 1.82) is 5.26 Å². The summed E-state index contributed by atoms with van der Waals surface area (Å²) in [5, 5.41) is 10.2. The lowest BCUT2D eigenvalue weighted by atomic mass is 10.1. The molecular formula is C20H21N3OS2. The number of aryl methyl sites for hydroxylation is 2. The number of thioether (sulfide) groups is 1. The van der Waals surface area contributed by atoms with E-state index >= 15 is 0 Å². The predicted molar refractivity (Wildman–Crippen MR) is 109 cm³/mol. The summed E-state index contributed by atoms with van der Waals surface area (Å²) in [6.07, 6.45) is 3.04. The van der Waals surface area contributed by atoms with Gasteiger partial charge in [-0.25, -0.2) is 4.98 Å². The van der Waals surface area contributed by atoms with Crippen LogP contribution in [-0.4, -0.2) is 15.3 Å². The van der Waals surface area contributed by atoms with E-state index in [-0.39, 0.29) is 5.56 Å². The number of thiophene rings is 1. The van der Waals surface area contributed by atoms with Crippen LogP contribution in [0, 0.1) is 11.3 Å². The molecule has 0 saturated carbocycles. The van der Waals surface area contributed by atoms with Crippen LogP contribution in [0.15, 0.2) is 46.3 Å². The molecule has 0 saturated heterocycles. The second-order valence-electron chi connectivity index (χ2n) is 5.98. The molecule has 0 aliphatic heterocycles. The second kappa shape index (κ2) is 9.02. The number of nitriles is 1. The molecule has 0 N–H and O–H groups in total. The quantitative estimate of drug-likeness (QED) is 0.322. The molecule has 0 fully saturated rings. The van der Waals surface area contributed by atoms with Gasteiger partial charge in [-0.2, -0.15) is 5.26 Å². The number of fused-ring (bicyclic) bond motifs is 1. The van der Waals surface area contributed by atoms with Crippen molar-refractivity contribution < 1.29 is 0 Å². The Kier molecular flexibility index (Phi) is 6.48. The minimum atomic E-state index is 0.0460. The molecule has 26 heavy (non-hydrogen) atoms. The Morgan fingerprint density at radius 2 is 2.12 bits per heavy atom. The largest absolute Gasteiger partial charge is 0.287 e. The molecular weight excluding hydrogens is 362 g/mol. The highest BCUT2D eigenvalue weighted by Crippen LogP contribution is 2.25. The van der Waals surface area contributed by atoms with Gasteiger partial charge in [0.15, 0.2) is 5.16 Å². The smallest absolute Gasteiger partial charge is 0.262 e. The van der Waals surface area contributed by atoms with Crippen LogP contribution in [0.2, 0.25) is 0 Å². The van der Waals surface area contributed by atoms with Crippen LogP contribution in [0.1, 0.15) is 30.2 Å². The highest BCUT2D eigenvalue weighted by molar-refractivity contribution is 7.99. The lowest BCUT2D eigenvalue weighted by molar-refractivity contribution is 0.596. The molecule has 0 atom stereocenters. The van der Waals surface area contributed by atoms with E-state index in [2.05, 4.69) is 25.1 Å². The van der Waals surface area contributed by atoms with Crippen LogP contribution >= 0.6 is 23.1 Å². The number of nitrogens with zero attached hydrogens (tertiary/aromatic N) is 3. The van der Waals surface area contributed by atoms with Crippen molar-refractivity contribution >= 4 is 33.3 Å². The summed E-state index contributed by atoms with van der Waals surface area (Å²) >= 11 is 3.18. The summed E-state index contributed by atoms with van der Waals surface area (Å²) < 4.78 is 1.80. The molecule has 3 rings (SSSR count). The predicted octanol–water partition coefficient (Wildman–Crippen LogP) is 4.66. The molecule has 0 amide bonds. The van der Waals surface area contributed by atoms with Gasteiger partial charge in [0.05, 0.1) is 11.5 Å². The highest BCUT2D eigenvalue weighted by atomic mass is 32.2. The molecule has 0 radical (unpaired) electrons. The Morgan fingerprint density at radius 3 is 2.85 bits per heavy atom. The van der Waals surface area contributed by atoms with Crippen LogP contribution in [0.4, 0.5) is 0 Å². The molecule has 0 aliphatic carbocycles. The first kappa shape index (κ1) is 18.7. The maximum absolute atomic E-state index is 13.1.